The van der Waals surface area contributed by atoms with Gasteiger partial charge < -0.3 is 10.8 Å². The average molecular weight is 171 g/mol. The van der Waals surface area contributed by atoms with E-state index in [0.717, 1.165) is 6.42 Å². The van der Waals surface area contributed by atoms with E-state index >= 15 is 0 Å². The number of nitrogens with two attached hydrogens (primary N) is 1. The SMILES string of the molecule is CCC(C)C(N)C(=O)O.[KH]. The second-order valence-electron chi connectivity index (χ2n) is 2.25. The summed E-state index contributed by atoms with van der Waals surface area (Å²) in [4.78, 5) is 10.2. The predicted molar refractivity (Wildman–Crippen MR) is 42.2 cm³/mol. The van der Waals surface area contributed by atoms with Gasteiger partial charge in [0.05, 0.1) is 0 Å². The molecule has 0 aliphatic heterocycles. The Hall–Kier alpha value is 1.07. The van der Waals surface area contributed by atoms with Crippen LogP contribution in [0.2, 0.25) is 0 Å². The van der Waals surface area contributed by atoms with Gasteiger partial charge in [0.15, 0.2) is 0 Å². The number of hydrogen-bond donors (Lipinski definition) is 2. The third-order valence-corrected chi connectivity index (χ3v) is 1.54. The Morgan fingerprint density at radius 1 is 1.70 bits per heavy atom. The van der Waals surface area contributed by atoms with Crippen molar-refractivity contribution in [1.82, 2.24) is 0 Å². The van der Waals surface area contributed by atoms with E-state index in [-0.39, 0.29) is 57.3 Å². The van der Waals surface area contributed by atoms with E-state index in [9.17, 15) is 4.79 Å². The Balaban J connectivity index is 0. The Labute approximate surface area is 104 Å². The van der Waals surface area contributed by atoms with Gasteiger partial charge in [0.1, 0.15) is 6.04 Å². The minimum atomic E-state index is -0.913. The van der Waals surface area contributed by atoms with E-state index in [0.29, 0.717) is 0 Å². The molecule has 0 amide bonds. The summed E-state index contributed by atoms with van der Waals surface area (Å²) in [7, 11) is 0. The summed E-state index contributed by atoms with van der Waals surface area (Å²) in [6.07, 6.45) is 0.813. The molecule has 0 aliphatic carbocycles. The fourth-order valence-corrected chi connectivity index (χ4v) is 0.497. The molecule has 0 aromatic carbocycles. The molecule has 0 aromatic heterocycles. The fraction of sp³-hybridized carbons (Fsp3) is 0.833. The van der Waals surface area contributed by atoms with Crippen LogP contribution in [-0.4, -0.2) is 68.5 Å². The standard InChI is InChI=1S/C6H13NO2.K.H/c1-3-4(2)5(7)6(8)9;;/h4-5H,3,7H2,1-2H3,(H,8,9);;. The van der Waals surface area contributed by atoms with Gasteiger partial charge in [-0.05, 0) is 5.92 Å². The van der Waals surface area contributed by atoms with Crippen molar-refractivity contribution in [3.8, 4) is 0 Å². The van der Waals surface area contributed by atoms with Crippen molar-refractivity contribution >= 4 is 57.4 Å². The van der Waals surface area contributed by atoms with E-state index in [1.165, 1.54) is 0 Å². The molecule has 0 heterocycles. The molecule has 0 saturated carbocycles. The van der Waals surface area contributed by atoms with Gasteiger partial charge >= 0.3 is 57.4 Å². The Morgan fingerprint density at radius 3 is 2.20 bits per heavy atom. The van der Waals surface area contributed by atoms with Gasteiger partial charge in [-0.25, -0.2) is 0 Å². The Morgan fingerprint density at radius 2 is 2.10 bits per heavy atom. The third-order valence-electron chi connectivity index (χ3n) is 1.54. The predicted octanol–water partition coefficient (Wildman–Crippen LogP) is -0.204. The topological polar surface area (TPSA) is 63.3 Å². The van der Waals surface area contributed by atoms with Gasteiger partial charge in [-0.2, -0.15) is 0 Å². The monoisotopic (exact) mass is 171 g/mol. The van der Waals surface area contributed by atoms with Crippen molar-refractivity contribution in [2.45, 2.75) is 26.3 Å². The van der Waals surface area contributed by atoms with Gasteiger partial charge in [-0.1, -0.05) is 20.3 Å². The molecule has 0 saturated heterocycles. The van der Waals surface area contributed by atoms with Crippen LogP contribution in [0.15, 0.2) is 0 Å². The molecule has 3 N–H and O–H groups in total. The summed E-state index contributed by atoms with van der Waals surface area (Å²) in [5, 5.41) is 8.36. The maximum absolute atomic E-state index is 10.2. The van der Waals surface area contributed by atoms with Crippen molar-refractivity contribution in [3.05, 3.63) is 0 Å². The number of carbonyl (C=O) groups is 1. The number of carboxylic acids is 1. The third kappa shape index (κ3) is 4.82. The van der Waals surface area contributed by atoms with Crippen molar-refractivity contribution in [3.63, 3.8) is 0 Å². The molecule has 4 heteroatoms. The van der Waals surface area contributed by atoms with Gasteiger partial charge in [0.2, 0.25) is 0 Å². The van der Waals surface area contributed by atoms with Crippen LogP contribution in [0.5, 0.6) is 0 Å². The molecular weight excluding hydrogens is 157 g/mol. The zero-order chi connectivity index (χ0) is 7.44. The number of aliphatic carboxylic acids is 1. The van der Waals surface area contributed by atoms with E-state index < -0.39 is 12.0 Å². The van der Waals surface area contributed by atoms with Gasteiger partial charge in [0, 0.05) is 0 Å². The van der Waals surface area contributed by atoms with Crippen LogP contribution in [-0.2, 0) is 4.79 Å². The molecule has 0 spiro atoms. The summed E-state index contributed by atoms with van der Waals surface area (Å²) in [5.74, 6) is -0.841. The van der Waals surface area contributed by atoms with E-state index in [1.54, 1.807) is 0 Å². The molecule has 0 bridgehead atoms. The maximum atomic E-state index is 10.2. The first-order valence-corrected chi connectivity index (χ1v) is 3.08. The molecule has 0 aromatic rings. The van der Waals surface area contributed by atoms with Crippen LogP contribution < -0.4 is 5.73 Å². The molecular formula is C6H14KNO2. The zero-order valence-electron chi connectivity index (χ0n) is 5.79. The zero-order valence-corrected chi connectivity index (χ0v) is 5.79. The average Bonchev–Trinajstić information content (AvgIpc) is 1.84. The van der Waals surface area contributed by atoms with Crippen LogP contribution in [0.4, 0.5) is 0 Å². The summed E-state index contributed by atoms with van der Waals surface area (Å²) in [5.41, 5.74) is 5.27. The Bertz CT molecular complexity index is 108. The molecule has 3 nitrogen and oxygen atoms in total. The van der Waals surface area contributed by atoms with Crippen LogP contribution >= 0.6 is 0 Å². The number of carboxylic acid groups (broad SMARTS) is 1. The summed E-state index contributed by atoms with van der Waals surface area (Å²) in [6.45, 7) is 3.76. The second-order valence-corrected chi connectivity index (χ2v) is 2.25. The molecule has 10 heavy (non-hydrogen) atoms. The van der Waals surface area contributed by atoms with Crippen molar-refractivity contribution in [1.29, 1.82) is 0 Å². The first-order chi connectivity index (χ1) is 4.09. The van der Waals surface area contributed by atoms with Crippen LogP contribution in [0.3, 0.4) is 0 Å². The van der Waals surface area contributed by atoms with Gasteiger partial charge in [-0.3, -0.25) is 4.79 Å². The summed E-state index contributed by atoms with van der Waals surface area (Å²) >= 11 is 0. The second kappa shape index (κ2) is 6.76. The van der Waals surface area contributed by atoms with E-state index in [4.69, 9.17) is 10.8 Å². The minimum absolute atomic E-state index is 0. The quantitative estimate of drug-likeness (QED) is 0.578. The van der Waals surface area contributed by atoms with Crippen molar-refractivity contribution in [2.75, 3.05) is 0 Å². The first-order valence-electron chi connectivity index (χ1n) is 3.08. The first kappa shape index (κ1) is 13.6. The summed E-state index contributed by atoms with van der Waals surface area (Å²) < 4.78 is 0. The molecule has 0 aliphatic rings. The normalized spacial score (nSPS) is 15.1. The fourth-order valence-electron chi connectivity index (χ4n) is 0.497. The molecule has 0 radical (unpaired) electrons. The molecule has 0 rings (SSSR count). The molecule has 2 unspecified atom stereocenters. The van der Waals surface area contributed by atoms with Gasteiger partial charge in [-0.15, -0.1) is 0 Å². The van der Waals surface area contributed by atoms with Crippen molar-refractivity contribution in [2.24, 2.45) is 11.7 Å². The molecule has 0 fully saturated rings. The Kier molecular flexibility index (Phi) is 9.22. The van der Waals surface area contributed by atoms with E-state index in [1.807, 2.05) is 13.8 Å². The molecule has 56 valence electrons. The van der Waals surface area contributed by atoms with Gasteiger partial charge in [0.25, 0.3) is 0 Å². The number of rotatable bonds is 3. The van der Waals surface area contributed by atoms with Crippen LogP contribution in [0, 0.1) is 5.92 Å². The van der Waals surface area contributed by atoms with Crippen LogP contribution in [0.1, 0.15) is 20.3 Å². The van der Waals surface area contributed by atoms with E-state index in [2.05, 4.69) is 0 Å². The number of hydrogen-bond acceptors (Lipinski definition) is 2. The van der Waals surface area contributed by atoms with Crippen molar-refractivity contribution < 1.29 is 9.90 Å². The van der Waals surface area contributed by atoms with Crippen LogP contribution in [0.25, 0.3) is 0 Å². The summed E-state index contributed by atoms with van der Waals surface area (Å²) in [6, 6.07) is -0.699. The molecule has 2 atom stereocenters.